The van der Waals surface area contributed by atoms with Crippen LogP contribution in [-0.4, -0.2) is 54.3 Å². The molecule has 2 N–H and O–H groups in total. The summed E-state index contributed by atoms with van der Waals surface area (Å²) < 4.78 is 10.3. The number of primary amides is 1. The van der Waals surface area contributed by atoms with Gasteiger partial charge in [-0.3, -0.25) is 9.69 Å². The average Bonchev–Trinajstić information content (AvgIpc) is 2.84. The molecule has 1 atom stereocenters. The topological polar surface area (TPSA) is 94.5 Å². The van der Waals surface area contributed by atoms with Crippen LogP contribution >= 0.6 is 0 Å². The zero-order valence-electron chi connectivity index (χ0n) is 11.2. The van der Waals surface area contributed by atoms with Crippen LogP contribution in [0.25, 0.3) is 0 Å². The minimum atomic E-state index is -0.299. The molecule has 0 bridgehead atoms. The Kier molecular flexibility index (Phi) is 4.86. The number of amides is 1. The molecule has 1 aliphatic rings. The molecule has 2 rings (SSSR count). The maximum Gasteiger partial charge on any atom is 0.231 e. The van der Waals surface area contributed by atoms with Crippen molar-refractivity contribution in [1.29, 1.82) is 0 Å². The number of nitrogens with zero attached hydrogens (tertiary/aromatic N) is 3. The second kappa shape index (κ2) is 6.63. The SMILES string of the molecule is COCCc1noc([C@@H]2CCCN(CC(N)=O)C2)n1. The maximum absolute atomic E-state index is 10.9. The molecule has 0 aliphatic carbocycles. The summed E-state index contributed by atoms with van der Waals surface area (Å²) in [6.45, 7) is 2.51. The van der Waals surface area contributed by atoms with Crippen molar-refractivity contribution < 1.29 is 14.1 Å². The van der Waals surface area contributed by atoms with Gasteiger partial charge < -0.3 is 15.0 Å². The fourth-order valence-electron chi connectivity index (χ4n) is 2.35. The standard InChI is InChI=1S/C12H20N4O3/c1-18-6-4-11-14-12(19-15-11)9-3-2-5-16(7-9)8-10(13)17/h9H,2-8H2,1H3,(H2,13,17)/t9-/m1/s1. The summed E-state index contributed by atoms with van der Waals surface area (Å²) >= 11 is 0. The molecule has 0 radical (unpaired) electrons. The van der Waals surface area contributed by atoms with Gasteiger partial charge in [0.25, 0.3) is 0 Å². The Bertz CT molecular complexity index is 421. The first-order chi connectivity index (χ1) is 9.19. The number of likely N-dealkylation sites (tertiary alicyclic amines) is 1. The number of ether oxygens (including phenoxy) is 1. The average molecular weight is 268 g/mol. The lowest BCUT2D eigenvalue weighted by molar-refractivity contribution is -0.119. The molecule has 0 saturated carbocycles. The van der Waals surface area contributed by atoms with Gasteiger partial charge in [0, 0.05) is 20.1 Å². The van der Waals surface area contributed by atoms with Gasteiger partial charge in [-0.15, -0.1) is 0 Å². The van der Waals surface area contributed by atoms with E-state index in [-0.39, 0.29) is 11.8 Å². The van der Waals surface area contributed by atoms with Crippen molar-refractivity contribution >= 4 is 5.91 Å². The summed E-state index contributed by atoms with van der Waals surface area (Å²) in [6.07, 6.45) is 2.66. The van der Waals surface area contributed by atoms with E-state index in [1.807, 2.05) is 4.90 Å². The molecule has 0 spiro atoms. The van der Waals surface area contributed by atoms with Gasteiger partial charge in [-0.2, -0.15) is 4.98 Å². The Morgan fingerprint density at radius 1 is 1.63 bits per heavy atom. The first-order valence-corrected chi connectivity index (χ1v) is 6.51. The molecule has 19 heavy (non-hydrogen) atoms. The lowest BCUT2D eigenvalue weighted by Crippen LogP contribution is -2.40. The first kappa shape index (κ1) is 14.0. The van der Waals surface area contributed by atoms with Gasteiger partial charge in [0.15, 0.2) is 5.82 Å². The molecule has 2 heterocycles. The van der Waals surface area contributed by atoms with Crippen molar-refractivity contribution in [3.05, 3.63) is 11.7 Å². The van der Waals surface area contributed by atoms with E-state index >= 15 is 0 Å². The number of aromatic nitrogens is 2. The van der Waals surface area contributed by atoms with Crippen molar-refractivity contribution in [2.75, 3.05) is 33.4 Å². The second-order valence-electron chi connectivity index (χ2n) is 4.83. The van der Waals surface area contributed by atoms with Gasteiger partial charge in [-0.1, -0.05) is 5.16 Å². The van der Waals surface area contributed by atoms with Crippen LogP contribution in [0.1, 0.15) is 30.5 Å². The van der Waals surface area contributed by atoms with Crippen LogP contribution in [-0.2, 0) is 16.0 Å². The summed E-state index contributed by atoms with van der Waals surface area (Å²) in [4.78, 5) is 17.4. The quantitative estimate of drug-likeness (QED) is 0.775. The fourth-order valence-corrected chi connectivity index (χ4v) is 2.35. The van der Waals surface area contributed by atoms with Gasteiger partial charge in [0.05, 0.1) is 19.1 Å². The van der Waals surface area contributed by atoms with E-state index in [9.17, 15) is 4.79 Å². The van der Waals surface area contributed by atoms with Crippen LogP contribution in [0.15, 0.2) is 4.52 Å². The van der Waals surface area contributed by atoms with Gasteiger partial charge in [-0.25, -0.2) is 0 Å². The first-order valence-electron chi connectivity index (χ1n) is 6.51. The third-order valence-corrected chi connectivity index (χ3v) is 3.25. The van der Waals surface area contributed by atoms with Crippen molar-refractivity contribution in [2.45, 2.75) is 25.2 Å². The molecule has 0 aromatic carbocycles. The van der Waals surface area contributed by atoms with Crippen molar-refractivity contribution in [3.63, 3.8) is 0 Å². The Morgan fingerprint density at radius 2 is 2.47 bits per heavy atom. The Hall–Kier alpha value is -1.47. The number of hydrogen-bond acceptors (Lipinski definition) is 6. The summed E-state index contributed by atoms with van der Waals surface area (Å²) in [7, 11) is 1.64. The van der Waals surface area contributed by atoms with Crippen LogP contribution < -0.4 is 5.73 Å². The molecule has 0 unspecified atom stereocenters. The van der Waals surface area contributed by atoms with Crippen molar-refractivity contribution in [3.8, 4) is 0 Å². The molecule has 1 amide bonds. The van der Waals surface area contributed by atoms with E-state index < -0.39 is 0 Å². The van der Waals surface area contributed by atoms with Gasteiger partial charge >= 0.3 is 0 Å². The number of rotatable bonds is 6. The number of methoxy groups -OCH3 is 1. The predicted octanol–water partition coefficient (Wildman–Crippen LogP) is -0.0768. The second-order valence-corrected chi connectivity index (χ2v) is 4.83. The van der Waals surface area contributed by atoms with E-state index in [0.29, 0.717) is 31.3 Å². The fraction of sp³-hybridized carbons (Fsp3) is 0.750. The molecule has 1 fully saturated rings. The van der Waals surface area contributed by atoms with Crippen LogP contribution in [0, 0.1) is 0 Å². The number of piperidine rings is 1. The lowest BCUT2D eigenvalue weighted by Gasteiger charge is -2.29. The van der Waals surface area contributed by atoms with E-state index in [2.05, 4.69) is 10.1 Å². The van der Waals surface area contributed by atoms with E-state index in [4.69, 9.17) is 15.0 Å². The molecule has 1 aliphatic heterocycles. The van der Waals surface area contributed by atoms with Gasteiger partial charge in [0.1, 0.15) is 0 Å². The number of hydrogen-bond donors (Lipinski definition) is 1. The van der Waals surface area contributed by atoms with Crippen LogP contribution in [0.2, 0.25) is 0 Å². The van der Waals surface area contributed by atoms with E-state index in [0.717, 1.165) is 25.9 Å². The van der Waals surface area contributed by atoms with E-state index in [1.165, 1.54) is 0 Å². The molecule has 7 heteroatoms. The number of carbonyl (C=O) groups is 1. The van der Waals surface area contributed by atoms with Gasteiger partial charge in [0.2, 0.25) is 11.8 Å². The highest BCUT2D eigenvalue weighted by atomic mass is 16.5. The molecular weight excluding hydrogens is 248 g/mol. The van der Waals surface area contributed by atoms with Crippen LogP contribution in [0.4, 0.5) is 0 Å². The Balaban J connectivity index is 1.93. The number of carbonyl (C=O) groups excluding carboxylic acids is 1. The molecular formula is C12H20N4O3. The molecule has 1 saturated heterocycles. The minimum Gasteiger partial charge on any atom is -0.384 e. The predicted molar refractivity (Wildman–Crippen MR) is 67.5 cm³/mol. The number of nitrogens with two attached hydrogens (primary N) is 1. The lowest BCUT2D eigenvalue weighted by atomic mass is 9.98. The van der Waals surface area contributed by atoms with Crippen molar-refractivity contribution in [2.24, 2.45) is 5.73 Å². The summed E-state index contributed by atoms with van der Waals surface area (Å²) in [5.74, 6) is 1.22. The monoisotopic (exact) mass is 268 g/mol. The van der Waals surface area contributed by atoms with Gasteiger partial charge in [-0.05, 0) is 19.4 Å². The smallest absolute Gasteiger partial charge is 0.231 e. The highest BCUT2D eigenvalue weighted by molar-refractivity contribution is 5.75. The molecule has 7 nitrogen and oxygen atoms in total. The zero-order valence-corrected chi connectivity index (χ0v) is 11.2. The van der Waals surface area contributed by atoms with Crippen LogP contribution in [0.3, 0.4) is 0 Å². The third-order valence-electron chi connectivity index (χ3n) is 3.25. The third kappa shape index (κ3) is 4.00. The summed E-state index contributed by atoms with van der Waals surface area (Å²) in [6, 6.07) is 0. The molecule has 1 aromatic rings. The van der Waals surface area contributed by atoms with Crippen molar-refractivity contribution in [1.82, 2.24) is 15.0 Å². The summed E-state index contributed by atoms with van der Waals surface area (Å²) in [5, 5.41) is 3.94. The highest BCUT2D eigenvalue weighted by Gasteiger charge is 2.26. The highest BCUT2D eigenvalue weighted by Crippen LogP contribution is 2.25. The van der Waals surface area contributed by atoms with Crippen LogP contribution in [0.5, 0.6) is 0 Å². The Labute approximate surface area is 112 Å². The van der Waals surface area contributed by atoms with E-state index in [1.54, 1.807) is 7.11 Å². The Morgan fingerprint density at radius 3 is 3.21 bits per heavy atom. The maximum atomic E-state index is 10.9. The molecule has 1 aromatic heterocycles. The normalized spacial score (nSPS) is 20.6. The molecule has 106 valence electrons. The summed E-state index contributed by atoms with van der Waals surface area (Å²) in [5.41, 5.74) is 5.22. The minimum absolute atomic E-state index is 0.192. The largest absolute Gasteiger partial charge is 0.384 e. The zero-order chi connectivity index (χ0) is 13.7.